The molecule has 0 fully saturated rings. The van der Waals surface area contributed by atoms with Gasteiger partial charge in [0.2, 0.25) is 0 Å². The SMILES string of the molecule is Cc1c(C(C)NC(=O)NC2CCc3cn[nH]c3C2)oc2ccccc12.[HH].[HH].[HH]. The number of hydrogen-bond donors (Lipinski definition) is 3. The summed E-state index contributed by atoms with van der Waals surface area (Å²) in [5.74, 6) is 0.802. The molecule has 6 heteroatoms. The minimum absolute atomic E-state index is 0. The van der Waals surface area contributed by atoms with E-state index in [0.29, 0.717) is 0 Å². The van der Waals surface area contributed by atoms with Crippen molar-refractivity contribution in [2.45, 2.75) is 45.2 Å². The van der Waals surface area contributed by atoms with Crippen molar-refractivity contribution in [1.82, 2.24) is 20.8 Å². The second kappa shape index (κ2) is 6.27. The maximum absolute atomic E-state index is 12.4. The Balaban J connectivity index is 0.00000131. The molecule has 136 valence electrons. The van der Waals surface area contributed by atoms with Crippen LogP contribution >= 0.6 is 0 Å². The van der Waals surface area contributed by atoms with Gasteiger partial charge in [-0.25, -0.2) is 4.79 Å². The molecule has 0 spiro atoms. The third-order valence-electron chi connectivity index (χ3n) is 4.98. The summed E-state index contributed by atoms with van der Waals surface area (Å²) in [7, 11) is 0. The van der Waals surface area contributed by atoms with Gasteiger partial charge < -0.3 is 15.1 Å². The third-order valence-corrected chi connectivity index (χ3v) is 4.98. The molecule has 4 rings (SSSR count). The van der Waals surface area contributed by atoms with Gasteiger partial charge >= 0.3 is 6.03 Å². The molecule has 1 aliphatic rings. The van der Waals surface area contributed by atoms with Crippen molar-refractivity contribution < 1.29 is 13.5 Å². The molecule has 0 saturated heterocycles. The molecular formula is C19H28N4O2. The van der Waals surface area contributed by atoms with E-state index in [4.69, 9.17) is 4.42 Å². The van der Waals surface area contributed by atoms with E-state index in [0.717, 1.165) is 47.2 Å². The Morgan fingerprint density at radius 2 is 2.28 bits per heavy atom. The molecule has 2 heterocycles. The van der Waals surface area contributed by atoms with Gasteiger partial charge in [-0.1, -0.05) is 18.2 Å². The number of aromatic nitrogens is 2. The van der Waals surface area contributed by atoms with Gasteiger partial charge in [0.05, 0.1) is 12.2 Å². The van der Waals surface area contributed by atoms with Crippen LogP contribution in [0.1, 0.15) is 46.2 Å². The lowest BCUT2D eigenvalue weighted by Crippen LogP contribution is -2.45. The van der Waals surface area contributed by atoms with Gasteiger partial charge in [-0.15, -0.1) is 0 Å². The van der Waals surface area contributed by atoms with Crippen LogP contribution in [0, 0.1) is 6.92 Å². The third kappa shape index (κ3) is 2.99. The van der Waals surface area contributed by atoms with E-state index in [-0.39, 0.29) is 22.4 Å². The molecule has 2 atom stereocenters. The fourth-order valence-corrected chi connectivity index (χ4v) is 3.63. The summed E-state index contributed by atoms with van der Waals surface area (Å²) < 4.78 is 5.93. The highest BCUT2D eigenvalue weighted by atomic mass is 16.3. The highest BCUT2D eigenvalue weighted by molar-refractivity contribution is 5.82. The Morgan fingerprint density at radius 1 is 1.44 bits per heavy atom. The minimum atomic E-state index is -0.196. The van der Waals surface area contributed by atoms with Gasteiger partial charge in [0, 0.05) is 33.4 Å². The van der Waals surface area contributed by atoms with Gasteiger partial charge in [-0.3, -0.25) is 5.10 Å². The van der Waals surface area contributed by atoms with Gasteiger partial charge in [0.15, 0.2) is 0 Å². The maximum atomic E-state index is 12.4. The molecule has 2 amide bonds. The van der Waals surface area contributed by atoms with E-state index in [1.165, 1.54) is 5.56 Å². The second-order valence-electron chi connectivity index (χ2n) is 6.74. The van der Waals surface area contributed by atoms with E-state index < -0.39 is 0 Å². The van der Waals surface area contributed by atoms with Crippen LogP contribution in [0.5, 0.6) is 0 Å². The fraction of sp³-hybridized carbons (Fsp3) is 0.368. The number of benzene rings is 1. The summed E-state index contributed by atoms with van der Waals surface area (Å²) in [6, 6.07) is 7.69. The lowest BCUT2D eigenvalue weighted by molar-refractivity contribution is 0.231. The number of furan rings is 1. The number of nitrogens with zero attached hydrogens (tertiary/aromatic N) is 1. The van der Waals surface area contributed by atoms with Gasteiger partial charge in [0.25, 0.3) is 0 Å². The second-order valence-corrected chi connectivity index (χ2v) is 6.74. The summed E-state index contributed by atoms with van der Waals surface area (Å²) in [6.07, 6.45) is 4.53. The fourth-order valence-electron chi connectivity index (χ4n) is 3.63. The lowest BCUT2D eigenvalue weighted by atomic mass is 9.94. The normalized spacial score (nSPS) is 17.9. The Kier molecular flexibility index (Phi) is 3.95. The number of carbonyl (C=O) groups is 1. The molecule has 0 bridgehead atoms. The summed E-state index contributed by atoms with van der Waals surface area (Å²) in [5.41, 5.74) is 4.30. The van der Waals surface area contributed by atoms with Crippen molar-refractivity contribution >= 4 is 17.0 Å². The Hall–Kier alpha value is -2.76. The molecule has 0 aliphatic heterocycles. The number of hydrogen-bond acceptors (Lipinski definition) is 3. The van der Waals surface area contributed by atoms with Gasteiger partial charge in [0.1, 0.15) is 11.3 Å². The van der Waals surface area contributed by atoms with Crippen LogP contribution < -0.4 is 10.6 Å². The number of aromatic amines is 1. The first kappa shape index (κ1) is 15.7. The molecule has 3 aromatic rings. The van der Waals surface area contributed by atoms with Crippen LogP contribution in [0.3, 0.4) is 0 Å². The monoisotopic (exact) mass is 344 g/mol. The van der Waals surface area contributed by atoms with Crippen molar-refractivity contribution in [3.05, 3.63) is 53.0 Å². The minimum Gasteiger partial charge on any atom is -0.459 e. The number of H-pyrrole nitrogens is 1. The molecule has 1 aromatic carbocycles. The highest BCUT2D eigenvalue weighted by Gasteiger charge is 2.23. The summed E-state index contributed by atoms with van der Waals surface area (Å²) in [4.78, 5) is 12.4. The standard InChI is InChI=1S/C19H22N4O2.3H2/c1-11-15-5-3-4-6-17(15)25-18(11)12(2)21-19(24)22-14-8-7-13-10-20-23-16(13)9-14;;;/h3-6,10,12,14H,7-9H2,1-2H3,(H,20,23)(H2,21,22,24);3*1H. The summed E-state index contributed by atoms with van der Waals surface area (Å²) in [6.45, 7) is 3.97. The van der Waals surface area contributed by atoms with Crippen LogP contribution in [-0.2, 0) is 12.8 Å². The van der Waals surface area contributed by atoms with E-state index in [1.807, 2.05) is 44.3 Å². The lowest BCUT2D eigenvalue weighted by Gasteiger charge is -2.24. The number of urea groups is 1. The molecule has 0 saturated carbocycles. The van der Waals surface area contributed by atoms with E-state index >= 15 is 0 Å². The predicted octanol–water partition coefficient (Wildman–Crippen LogP) is 4.12. The topological polar surface area (TPSA) is 83.0 Å². The zero-order chi connectivity index (χ0) is 17.4. The average Bonchev–Trinajstić information content (AvgIpc) is 3.19. The first-order chi connectivity index (χ1) is 12.1. The largest absolute Gasteiger partial charge is 0.459 e. The quantitative estimate of drug-likeness (QED) is 0.668. The Labute approximate surface area is 150 Å². The summed E-state index contributed by atoms with van der Waals surface area (Å²) in [5, 5.41) is 14.2. The number of para-hydroxylation sites is 1. The zero-order valence-electron chi connectivity index (χ0n) is 14.4. The molecule has 25 heavy (non-hydrogen) atoms. The van der Waals surface area contributed by atoms with E-state index in [9.17, 15) is 4.79 Å². The van der Waals surface area contributed by atoms with Crippen molar-refractivity contribution in [1.29, 1.82) is 0 Å². The van der Waals surface area contributed by atoms with E-state index in [2.05, 4.69) is 20.8 Å². The molecule has 0 radical (unpaired) electrons. The number of fused-ring (bicyclic) bond motifs is 2. The van der Waals surface area contributed by atoms with Crippen molar-refractivity contribution in [2.75, 3.05) is 0 Å². The zero-order valence-corrected chi connectivity index (χ0v) is 14.4. The maximum Gasteiger partial charge on any atom is 0.315 e. The van der Waals surface area contributed by atoms with Crippen LogP contribution in [0.25, 0.3) is 11.0 Å². The average molecular weight is 344 g/mol. The molecular weight excluding hydrogens is 316 g/mol. The highest BCUT2D eigenvalue weighted by Crippen LogP contribution is 2.29. The van der Waals surface area contributed by atoms with Crippen molar-refractivity contribution in [2.24, 2.45) is 0 Å². The molecule has 2 aromatic heterocycles. The van der Waals surface area contributed by atoms with Crippen LogP contribution in [-0.4, -0.2) is 22.3 Å². The van der Waals surface area contributed by atoms with Gasteiger partial charge in [-0.2, -0.15) is 5.10 Å². The van der Waals surface area contributed by atoms with Crippen molar-refractivity contribution in [3.63, 3.8) is 0 Å². The smallest absolute Gasteiger partial charge is 0.315 e. The van der Waals surface area contributed by atoms with Gasteiger partial charge in [-0.05, 0) is 38.3 Å². The first-order valence-electron chi connectivity index (χ1n) is 8.68. The number of aryl methyl sites for hydroxylation is 2. The molecule has 2 unspecified atom stereocenters. The number of amides is 2. The Bertz CT molecular complexity index is 925. The molecule has 3 N–H and O–H groups in total. The van der Waals surface area contributed by atoms with Crippen LogP contribution in [0.4, 0.5) is 4.79 Å². The predicted molar refractivity (Wildman–Crippen MR) is 102 cm³/mol. The molecule has 6 nitrogen and oxygen atoms in total. The van der Waals surface area contributed by atoms with Crippen LogP contribution in [0.2, 0.25) is 0 Å². The Morgan fingerprint density at radius 3 is 3.12 bits per heavy atom. The molecule has 1 aliphatic carbocycles. The first-order valence-corrected chi connectivity index (χ1v) is 8.68. The number of nitrogens with one attached hydrogen (secondary N) is 3. The summed E-state index contributed by atoms with van der Waals surface area (Å²) >= 11 is 0. The number of rotatable bonds is 3. The van der Waals surface area contributed by atoms with E-state index in [1.54, 1.807) is 0 Å². The number of carbonyl (C=O) groups excluding carboxylic acids is 1. The van der Waals surface area contributed by atoms with Crippen molar-refractivity contribution in [3.8, 4) is 0 Å². The van der Waals surface area contributed by atoms with Crippen LogP contribution in [0.15, 0.2) is 34.9 Å².